The number of hydrogen-bond acceptors (Lipinski definition) is 7. The Balaban J connectivity index is 1.50. The summed E-state index contributed by atoms with van der Waals surface area (Å²) >= 11 is 1.59. The first kappa shape index (κ1) is 16.2. The molecule has 4 rings (SSSR count). The van der Waals surface area contributed by atoms with Gasteiger partial charge in [0.15, 0.2) is 11.0 Å². The molecular weight excluding hydrogens is 338 g/mol. The van der Waals surface area contributed by atoms with Gasteiger partial charge in [-0.25, -0.2) is 4.98 Å². The SMILES string of the molecule is Cn1c(Cn2cccn2)nnc1C1CCCN(c2nc(CO)cs2)C1. The summed E-state index contributed by atoms with van der Waals surface area (Å²) in [5.74, 6) is 2.26. The molecule has 0 saturated carbocycles. The lowest BCUT2D eigenvalue weighted by Gasteiger charge is -2.32. The zero-order chi connectivity index (χ0) is 17.2. The summed E-state index contributed by atoms with van der Waals surface area (Å²) < 4.78 is 3.95. The van der Waals surface area contributed by atoms with Crippen molar-refractivity contribution in [2.75, 3.05) is 18.0 Å². The van der Waals surface area contributed by atoms with Gasteiger partial charge in [0.1, 0.15) is 12.4 Å². The highest BCUT2D eigenvalue weighted by molar-refractivity contribution is 7.13. The number of thiazole rings is 1. The Morgan fingerprint density at radius 1 is 1.36 bits per heavy atom. The van der Waals surface area contributed by atoms with E-state index in [0.29, 0.717) is 12.5 Å². The van der Waals surface area contributed by atoms with Crippen LogP contribution in [0.5, 0.6) is 0 Å². The molecule has 0 aromatic carbocycles. The number of hydrogen-bond donors (Lipinski definition) is 1. The Labute approximate surface area is 149 Å². The average molecular weight is 359 g/mol. The standard InChI is InChI=1S/C16H21N7OS/c1-21-14(9-23-7-3-5-17-23)19-20-15(21)12-4-2-6-22(8-12)16-18-13(10-24)11-25-16/h3,5,7,11-12,24H,2,4,6,8-10H2,1H3. The quantitative estimate of drug-likeness (QED) is 0.741. The third kappa shape index (κ3) is 3.29. The van der Waals surface area contributed by atoms with E-state index < -0.39 is 0 Å². The lowest BCUT2D eigenvalue weighted by Crippen LogP contribution is -2.35. The first-order valence-corrected chi connectivity index (χ1v) is 9.28. The monoisotopic (exact) mass is 359 g/mol. The molecule has 0 aliphatic carbocycles. The second-order valence-electron chi connectivity index (χ2n) is 6.30. The second-order valence-corrected chi connectivity index (χ2v) is 7.14. The summed E-state index contributed by atoms with van der Waals surface area (Å²) in [5.41, 5.74) is 0.738. The van der Waals surface area contributed by atoms with Gasteiger partial charge in [0.25, 0.3) is 0 Å². The van der Waals surface area contributed by atoms with Gasteiger partial charge < -0.3 is 14.6 Å². The zero-order valence-electron chi connectivity index (χ0n) is 14.1. The Hall–Kier alpha value is -2.26. The van der Waals surface area contributed by atoms with Crippen molar-refractivity contribution in [1.29, 1.82) is 0 Å². The average Bonchev–Trinajstić information content (AvgIpc) is 3.38. The fourth-order valence-corrected chi connectivity index (χ4v) is 4.14. The van der Waals surface area contributed by atoms with Crippen molar-refractivity contribution in [2.24, 2.45) is 7.05 Å². The van der Waals surface area contributed by atoms with Crippen molar-refractivity contribution >= 4 is 16.5 Å². The van der Waals surface area contributed by atoms with E-state index in [0.717, 1.165) is 48.4 Å². The summed E-state index contributed by atoms with van der Waals surface area (Å²) in [6.07, 6.45) is 5.89. The van der Waals surface area contributed by atoms with E-state index >= 15 is 0 Å². The summed E-state index contributed by atoms with van der Waals surface area (Å²) in [6, 6.07) is 1.91. The number of aliphatic hydroxyl groups excluding tert-OH is 1. The van der Waals surface area contributed by atoms with Crippen LogP contribution < -0.4 is 4.90 Å². The van der Waals surface area contributed by atoms with Gasteiger partial charge in [-0.2, -0.15) is 5.10 Å². The van der Waals surface area contributed by atoms with Crippen molar-refractivity contribution in [2.45, 2.75) is 31.9 Å². The number of rotatable bonds is 5. The molecule has 8 nitrogen and oxygen atoms in total. The summed E-state index contributed by atoms with van der Waals surface area (Å²) in [4.78, 5) is 6.79. The Bertz CT molecular complexity index is 826. The molecule has 1 fully saturated rings. The van der Waals surface area contributed by atoms with Gasteiger partial charge >= 0.3 is 0 Å². The van der Waals surface area contributed by atoms with E-state index in [1.807, 2.05) is 29.4 Å². The number of piperidine rings is 1. The third-order valence-corrected chi connectivity index (χ3v) is 5.57. The molecule has 3 aromatic heterocycles. The zero-order valence-corrected chi connectivity index (χ0v) is 14.9. The molecule has 1 saturated heterocycles. The highest BCUT2D eigenvalue weighted by Gasteiger charge is 2.27. The van der Waals surface area contributed by atoms with Gasteiger partial charge in [-0.1, -0.05) is 0 Å². The second kappa shape index (κ2) is 6.93. The van der Waals surface area contributed by atoms with Gasteiger partial charge in [-0.05, 0) is 18.9 Å². The topological polar surface area (TPSA) is 84.9 Å². The molecule has 1 atom stereocenters. The fraction of sp³-hybridized carbons (Fsp3) is 0.500. The van der Waals surface area contributed by atoms with Crippen LogP contribution in [-0.2, 0) is 20.2 Å². The predicted octanol–water partition coefficient (Wildman–Crippen LogP) is 1.39. The first-order valence-electron chi connectivity index (χ1n) is 8.40. The van der Waals surface area contributed by atoms with Crippen LogP contribution in [0.25, 0.3) is 0 Å². The molecule has 3 aromatic rings. The molecule has 25 heavy (non-hydrogen) atoms. The van der Waals surface area contributed by atoms with Crippen molar-refractivity contribution in [3.05, 3.63) is 41.2 Å². The highest BCUT2D eigenvalue weighted by Crippen LogP contribution is 2.30. The highest BCUT2D eigenvalue weighted by atomic mass is 32.1. The minimum Gasteiger partial charge on any atom is -0.390 e. The number of anilines is 1. The van der Waals surface area contributed by atoms with Crippen LogP contribution in [0.15, 0.2) is 23.8 Å². The lowest BCUT2D eigenvalue weighted by atomic mass is 9.97. The maximum absolute atomic E-state index is 9.22. The Morgan fingerprint density at radius 3 is 3.04 bits per heavy atom. The first-order chi connectivity index (χ1) is 12.2. The molecular formula is C16H21N7OS. The predicted molar refractivity (Wildman–Crippen MR) is 94.6 cm³/mol. The Morgan fingerprint density at radius 2 is 2.28 bits per heavy atom. The van der Waals surface area contributed by atoms with Crippen LogP contribution in [0.3, 0.4) is 0 Å². The minimum absolute atomic E-state index is 0.00611. The smallest absolute Gasteiger partial charge is 0.185 e. The van der Waals surface area contributed by atoms with E-state index in [1.54, 1.807) is 17.5 Å². The van der Waals surface area contributed by atoms with Crippen LogP contribution >= 0.6 is 11.3 Å². The van der Waals surface area contributed by atoms with Crippen LogP contribution in [0, 0.1) is 0 Å². The fourth-order valence-electron chi connectivity index (χ4n) is 3.28. The van der Waals surface area contributed by atoms with E-state index in [2.05, 4.69) is 29.7 Å². The molecule has 1 aliphatic heterocycles. The normalized spacial score (nSPS) is 18.0. The molecule has 132 valence electrons. The third-order valence-electron chi connectivity index (χ3n) is 4.62. The summed E-state index contributed by atoms with van der Waals surface area (Å²) in [6.45, 7) is 2.49. The molecule has 1 N–H and O–H groups in total. The largest absolute Gasteiger partial charge is 0.390 e. The summed E-state index contributed by atoms with van der Waals surface area (Å²) in [7, 11) is 2.03. The maximum Gasteiger partial charge on any atom is 0.185 e. The molecule has 0 amide bonds. The molecule has 1 aliphatic rings. The van der Waals surface area contributed by atoms with Crippen molar-refractivity contribution < 1.29 is 5.11 Å². The van der Waals surface area contributed by atoms with E-state index in [4.69, 9.17) is 0 Å². The van der Waals surface area contributed by atoms with E-state index in [9.17, 15) is 5.11 Å². The van der Waals surface area contributed by atoms with Gasteiger partial charge in [0.05, 0.1) is 12.3 Å². The van der Waals surface area contributed by atoms with Crippen molar-refractivity contribution in [3.63, 3.8) is 0 Å². The minimum atomic E-state index is -0.00611. The molecule has 0 bridgehead atoms. The van der Waals surface area contributed by atoms with Crippen LogP contribution in [0.4, 0.5) is 5.13 Å². The van der Waals surface area contributed by atoms with Crippen LogP contribution in [0.2, 0.25) is 0 Å². The van der Waals surface area contributed by atoms with Gasteiger partial charge in [0, 0.05) is 43.8 Å². The molecule has 1 unspecified atom stereocenters. The molecule has 0 radical (unpaired) electrons. The summed E-state index contributed by atoms with van der Waals surface area (Å²) in [5, 5.41) is 25.2. The van der Waals surface area contributed by atoms with Gasteiger partial charge in [0.2, 0.25) is 0 Å². The number of nitrogens with zero attached hydrogens (tertiary/aromatic N) is 7. The lowest BCUT2D eigenvalue weighted by molar-refractivity contribution is 0.277. The van der Waals surface area contributed by atoms with Gasteiger partial charge in [-0.15, -0.1) is 21.5 Å². The van der Waals surface area contributed by atoms with E-state index in [-0.39, 0.29) is 6.61 Å². The molecule has 4 heterocycles. The molecule has 0 spiro atoms. The van der Waals surface area contributed by atoms with Gasteiger partial charge in [-0.3, -0.25) is 4.68 Å². The van der Waals surface area contributed by atoms with Crippen LogP contribution in [-0.4, -0.2) is 47.7 Å². The van der Waals surface area contributed by atoms with Crippen molar-refractivity contribution in [3.8, 4) is 0 Å². The molecule has 9 heteroatoms. The number of aromatic nitrogens is 6. The maximum atomic E-state index is 9.22. The number of aliphatic hydroxyl groups is 1. The Kier molecular flexibility index (Phi) is 4.50. The van der Waals surface area contributed by atoms with Crippen molar-refractivity contribution in [1.82, 2.24) is 29.5 Å². The van der Waals surface area contributed by atoms with E-state index in [1.165, 1.54) is 0 Å². The van der Waals surface area contributed by atoms with Crippen LogP contribution in [0.1, 0.15) is 36.1 Å².